The van der Waals surface area contributed by atoms with E-state index in [1.165, 1.54) is 12.8 Å². The molecule has 0 amide bonds. The van der Waals surface area contributed by atoms with Gasteiger partial charge in [0.15, 0.2) is 0 Å². The molecule has 2 unspecified atom stereocenters. The molecule has 0 saturated heterocycles. The molecule has 4 rings (SSSR count). The molecule has 1 saturated carbocycles. The maximum absolute atomic E-state index is 6.48. The van der Waals surface area contributed by atoms with Gasteiger partial charge in [-0.2, -0.15) is 0 Å². The SMILES string of the molecule is COC1(CN(c2ccccc2)c2ccccc2)C=CN=CC1OC1CCCC1. The highest BCUT2D eigenvalue weighted by atomic mass is 16.6. The highest BCUT2D eigenvalue weighted by molar-refractivity contribution is 5.70. The lowest BCUT2D eigenvalue weighted by atomic mass is 9.93. The van der Waals surface area contributed by atoms with Gasteiger partial charge in [0.25, 0.3) is 0 Å². The van der Waals surface area contributed by atoms with Gasteiger partial charge in [0.05, 0.1) is 12.6 Å². The Labute approximate surface area is 167 Å². The Morgan fingerprint density at radius 1 is 0.964 bits per heavy atom. The molecule has 2 atom stereocenters. The van der Waals surface area contributed by atoms with Gasteiger partial charge in [0.2, 0.25) is 0 Å². The van der Waals surface area contributed by atoms with Crippen LogP contribution in [-0.2, 0) is 9.47 Å². The van der Waals surface area contributed by atoms with Gasteiger partial charge < -0.3 is 14.4 Å². The van der Waals surface area contributed by atoms with Crippen molar-refractivity contribution in [2.75, 3.05) is 18.6 Å². The molecule has 0 N–H and O–H groups in total. The quantitative estimate of drug-likeness (QED) is 0.671. The normalized spacial score (nSPS) is 24.5. The summed E-state index contributed by atoms with van der Waals surface area (Å²) in [6, 6.07) is 20.9. The fourth-order valence-electron chi connectivity index (χ4n) is 4.09. The van der Waals surface area contributed by atoms with Gasteiger partial charge in [-0.15, -0.1) is 0 Å². The first-order valence-corrected chi connectivity index (χ1v) is 10.1. The molecule has 1 aliphatic heterocycles. The van der Waals surface area contributed by atoms with Gasteiger partial charge in [-0.25, -0.2) is 0 Å². The number of methoxy groups -OCH3 is 1. The van der Waals surface area contributed by atoms with Crippen molar-refractivity contribution < 1.29 is 9.47 Å². The minimum atomic E-state index is -0.601. The minimum Gasteiger partial charge on any atom is -0.369 e. The summed E-state index contributed by atoms with van der Waals surface area (Å²) in [5.74, 6) is 0. The Kier molecular flexibility index (Phi) is 5.89. The van der Waals surface area contributed by atoms with E-state index in [4.69, 9.17) is 9.47 Å². The van der Waals surface area contributed by atoms with Crippen molar-refractivity contribution >= 4 is 17.6 Å². The Hall–Kier alpha value is -2.43. The Balaban J connectivity index is 1.66. The van der Waals surface area contributed by atoms with Crippen molar-refractivity contribution in [2.45, 2.75) is 43.5 Å². The molecule has 0 bridgehead atoms. The Morgan fingerprint density at radius 2 is 1.57 bits per heavy atom. The minimum absolute atomic E-state index is 0.208. The fourth-order valence-corrected chi connectivity index (χ4v) is 4.09. The molecule has 1 heterocycles. The summed E-state index contributed by atoms with van der Waals surface area (Å²) < 4.78 is 12.6. The van der Waals surface area contributed by atoms with Crippen LogP contribution in [-0.4, -0.2) is 37.7 Å². The predicted molar refractivity (Wildman–Crippen MR) is 114 cm³/mol. The molecule has 4 heteroatoms. The number of nitrogens with zero attached hydrogens (tertiary/aromatic N) is 2. The second-order valence-electron chi connectivity index (χ2n) is 7.49. The van der Waals surface area contributed by atoms with Gasteiger partial charge in [0.1, 0.15) is 11.7 Å². The third-order valence-corrected chi connectivity index (χ3v) is 5.71. The molecule has 2 aromatic rings. The van der Waals surface area contributed by atoms with E-state index in [1.807, 2.05) is 30.6 Å². The van der Waals surface area contributed by atoms with Crippen molar-refractivity contribution in [3.8, 4) is 0 Å². The summed E-state index contributed by atoms with van der Waals surface area (Å²) in [5.41, 5.74) is 1.65. The second kappa shape index (κ2) is 8.72. The first-order valence-electron chi connectivity index (χ1n) is 10.1. The van der Waals surface area contributed by atoms with Crippen LogP contribution in [0, 0.1) is 0 Å². The third-order valence-electron chi connectivity index (χ3n) is 5.71. The lowest BCUT2D eigenvalue weighted by molar-refractivity contribution is -0.0897. The zero-order chi connectivity index (χ0) is 19.2. The van der Waals surface area contributed by atoms with Crippen LogP contribution in [0.4, 0.5) is 11.4 Å². The molecule has 4 nitrogen and oxygen atoms in total. The van der Waals surface area contributed by atoms with Crippen molar-refractivity contribution in [1.29, 1.82) is 0 Å². The average molecular weight is 377 g/mol. The van der Waals surface area contributed by atoms with Crippen LogP contribution in [0.5, 0.6) is 0 Å². The molecule has 2 aliphatic rings. The third kappa shape index (κ3) is 4.03. The number of hydrogen-bond acceptors (Lipinski definition) is 4. The van der Waals surface area contributed by atoms with E-state index < -0.39 is 5.60 Å². The van der Waals surface area contributed by atoms with E-state index in [0.29, 0.717) is 12.6 Å². The summed E-state index contributed by atoms with van der Waals surface area (Å²) in [6.45, 7) is 0.636. The number of aliphatic imine (C=N–C) groups is 1. The molecule has 1 fully saturated rings. The average Bonchev–Trinajstić information content (AvgIpc) is 3.28. The molecule has 2 aromatic carbocycles. The highest BCUT2D eigenvalue weighted by Gasteiger charge is 2.42. The number of hydrogen-bond donors (Lipinski definition) is 0. The molecule has 1 aliphatic carbocycles. The Morgan fingerprint density at radius 3 is 2.14 bits per heavy atom. The first kappa shape index (κ1) is 18.9. The summed E-state index contributed by atoms with van der Waals surface area (Å²) >= 11 is 0. The Bertz CT molecular complexity index is 760. The van der Waals surface area contributed by atoms with Crippen LogP contribution in [0.15, 0.2) is 77.9 Å². The van der Waals surface area contributed by atoms with Crippen LogP contribution in [0.25, 0.3) is 0 Å². The van der Waals surface area contributed by atoms with E-state index in [9.17, 15) is 0 Å². The lowest BCUT2D eigenvalue weighted by Gasteiger charge is -2.41. The molecule has 146 valence electrons. The van der Waals surface area contributed by atoms with E-state index >= 15 is 0 Å². The number of ether oxygens (including phenoxy) is 2. The zero-order valence-electron chi connectivity index (χ0n) is 16.4. The van der Waals surface area contributed by atoms with E-state index in [2.05, 4.69) is 58.4 Å². The summed E-state index contributed by atoms with van der Waals surface area (Å²) in [6.07, 6.45) is 10.6. The molecule has 0 radical (unpaired) electrons. The van der Waals surface area contributed by atoms with Gasteiger partial charge in [0, 0.05) is 30.9 Å². The number of benzene rings is 2. The van der Waals surface area contributed by atoms with Crippen molar-refractivity contribution in [2.24, 2.45) is 4.99 Å². The van der Waals surface area contributed by atoms with Crippen molar-refractivity contribution in [1.82, 2.24) is 0 Å². The van der Waals surface area contributed by atoms with E-state index in [0.717, 1.165) is 24.2 Å². The standard InChI is InChI=1S/C24H28N2O2/c1-27-24(16-17-25-18-23(24)28-22-14-8-9-15-22)19-26(20-10-4-2-5-11-20)21-12-6-3-7-13-21/h2-7,10-13,16-18,22-23H,8-9,14-15,19H2,1H3. The van der Waals surface area contributed by atoms with Crippen LogP contribution < -0.4 is 4.90 Å². The lowest BCUT2D eigenvalue weighted by Crippen LogP contribution is -2.54. The number of anilines is 2. The van der Waals surface area contributed by atoms with Crippen LogP contribution in [0.3, 0.4) is 0 Å². The highest BCUT2D eigenvalue weighted by Crippen LogP contribution is 2.34. The van der Waals surface area contributed by atoms with Crippen molar-refractivity contribution in [3.05, 3.63) is 72.9 Å². The molecular formula is C24H28N2O2. The largest absolute Gasteiger partial charge is 0.369 e. The van der Waals surface area contributed by atoms with Gasteiger partial charge in [-0.1, -0.05) is 49.2 Å². The molecule has 0 spiro atoms. The monoisotopic (exact) mass is 376 g/mol. The maximum atomic E-state index is 6.48. The maximum Gasteiger partial charge on any atom is 0.137 e. The fraction of sp³-hybridized carbons (Fsp3) is 0.375. The van der Waals surface area contributed by atoms with E-state index in [1.54, 1.807) is 7.11 Å². The predicted octanol–water partition coefficient (Wildman–Crippen LogP) is 5.14. The second-order valence-corrected chi connectivity index (χ2v) is 7.49. The molecular weight excluding hydrogens is 348 g/mol. The van der Waals surface area contributed by atoms with E-state index in [-0.39, 0.29) is 6.10 Å². The van der Waals surface area contributed by atoms with Gasteiger partial charge in [-0.3, -0.25) is 4.99 Å². The van der Waals surface area contributed by atoms with Gasteiger partial charge >= 0.3 is 0 Å². The molecule has 28 heavy (non-hydrogen) atoms. The summed E-state index contributed by atoms with van der Waals surface area (Å²) in [7, 11) is 1.77. The van der Waals surface area contributed by atoms with Crippen LogP contribution in [0.1, 0.15) is 25.7 Å². The number of rotatable bonds is 7. The summed E-state index contributed by atoms with van der Waals surface area (Å²) in [5, 5.41) is 0. The molecule has 0 aromatic heterocycles. The van der Waals surface area contributed by atoms with Crippen LogP contribution >= 0.6 is 0 Å². The van der Waals surface area contributed by atoms with Gasteiger partial charge in [-0.05, 0) is 43.2 Å². The number of para-hydroxylation sites is 2. The smallest absolute Gasteiger partial charge is 0.137 e. The zero-order valence-corrected chi connectivity index (χ0v) is 16.4. The summed E-state index contributed by atoms with van der Waals surface area (Å²) in [4.78, 5) is 6.66. The van der Waals surface area contributed by atoms with Crippen molar-refractivity contribution in [3.63, 3.8) is 0 Å². The van der Waals surface area contributed by atoms with Crippen LogP contribution in [0.2, 0.25) is 0 Å². The topological polar surface area (TPSA) is 34.1 Å². The first-order chi connectivity index (χ1) is 13.8.